The van der Waals surface area contributed by atoms with E-state index in [4.69, 9.17) is 31.5 Å². The van der Waals surface area contributed by atoms with E-state index in [0.29, 0.717) is 5.69 Å². The maximum atomic E-state index is 14.0. The number of hydrogen-bond acceptors (Lipinski definition) is 14. The molecule has 0 aliphatic rings. The molecule has 4 heterocycles. The predicted molar refractivity (Wildman–Crippen MR) is 242 cm³/mol. The molecule has 0 spiro atoms. The lowest BCUT2D eigenvalue weighted by molar-refractivity contribution is -0.387. The Hall–Kier alpha value is -8.13. The number of nitrogens with zero attached hydrogens (tertiary/aromatic N) is 8. The molecule has 0 amide bonds. The highest BCUT2D eigenvalue weighted by atomic mass is 35.5. The van der Waals surface area contributed by atoms with Gasteiger partial charge in [-0.1, -0.05) is 0 Å². The second kappa shape index (κ2) is 19.5. The molecule has 0 aliphatic carbocycles. The standard InChI is InChI=1S/C22H20FN5O4.C15H14ClN3O.C7H7FN2O3/c1-12-10-24-22(25-17-9-19(28(29)30)16(23)8-20(17)32-4)26-21(12)15-11-27(2)18-7-13(31-3)5-6-14(15)18;1-9-7-17-15(16)18-14(9)12-8-19(2)13-6-10(20-3)4-5-11(12)13;1-13-7-2-4(8)6(10(11)12)3-5(7)9/h5-11H,1-4H3,(H,24,25,26);4-8H,1-3H3;2-3H,9H2,1H3. The van der Waals surface area contributed by atoms with Gasteiger partial charge in [-0.15, -0.1) is 0 Å². The molecule has 0 saturated carbocycles. The lowest BCUT2D eigenvalue weighted by atomic mass is 10.1. The molecule has 336 valence electrons. The monoisotopic (exact) mass is 910 g/mol. The fraction of sp³-hybridized carbons (Fsp3) is 0.182. The highest BCUT2D eigenvalue weighted by molar-refractivity contribution is 6.28. The van der Waals surface area contributed by atoms with Gasteiger partial charge in [0.15, 0.2) is 0 Å². The van der Waals surface area contributed by atoms with Crippen molar-refractivity contribution >= 4 is 62.1 Å². The first-order chi connectivity index (χ1) is 31.0. The normalized spacial score (nSPS) is 10.7. The first-order valence-corrected chi connectivity index (χ1v) is 19.5. The van der Waals surface area contributed by atoms with Crippen LogP contribution >= 0.6 is 11.6 Å². The largest absolute Gasteiger partial charge is 0.497 e. The van der Waals surface area contributed by atoms with Crippen molar-refractivity contribution in [3.8, 4) is 45.5 Å². The van der Waals surface area contributed by atoms with Crippen molar-refractivity contribution in [1.82, 2.24) is 29.1 Å². The number of methoxy groups -OCH3 is 4. The van der Waals surface area contributed by atoms with Gasteiger partial charge in [-0.3, -0.25) is 20.2 Å². The zero-order valence-electron chi connectivity index (χ0n) is 36.1. The molecule has 0 atom stereocenters. The minimum Gasteiger partial charge on any atom is -0.497 e. The Balaban J connectivity index is 0.000000180. The molecule has 4 aromatic heterocycles. The molecule has 3 N–H and O–H groups in total. The molecule has 18 nitrogen and oxygen atoms in total. The van der Waals surface area contributed by atoms with Gasteiger partial charge in [0.25, 0.3) is 0 Å². The summed E-state index contributed by atoms with van der Waals surface area (Å²) in [5.41, 5.74) is 11.6. The average molecular weight is 911 g/mol. The summed E-state index contributed by atoms with van der Waals surface area (Å²) in [6.07, 6.45) is 7.41. The van der Waals surface area contributed by atoms with E-state index in [1.165, 1.54) is 14.2 Å². The van der Waals surface area contributed by atoms with E-state index >= 15 is 0 Å². The van der Waals surface area contributed by atoms with Crippen LogP contribution < -0.4 is 30.0 Å². The number of nitro groups is 2. The highest BCUT2D eigenvalue weighted by Gasteiger charge is 2.21. The summed E-state index contributed by atoms with van der Waals surface area (Å²) in [6, 6.07) is 15.6. The van der Waals surface area contributed by atoms with Gasteiger partial charge >= 0.3 is 11.4 Å². The smallest absolute Gasteiger partial charge is 0.307 e. The Bertz CT molecular complexity index is 3110. The van der Waals surface area contributed by atoms with Gasteiger partial charge in [0, 0.05) is 97.2 Å². The van der Waals surface area contributed by atoms with Gasteiger partial charge in [0.2, 0.25) is 22.9 Å². The molecule has 21 heteroatoms. The molecule has 0 radical (unpaired) electrons. The first-order valence-electron chi connectivity index (χ1n) is 19.1. The van der Waals surface area contributed by atoms with Gasteiger partial charge in [0.1, 0.15) is 23.0 Å². The predicted octanol–water partition coefficient (Wildman–Crippen LogP) is 9.68. The number of aryl methyl sites for hydroxylation is 4. The van der Waals surface area contributed by atoms with E-state index in [9.17, 15) is 29.0 Å². The van der Waals surface area contributed by atoms with Crippen molar-refractivity contribution in [2.24, 2.45) is 14.1 Å². The molecule has 8 aromatic rings. The summed E-state index contributed by atoms with van der Waals surface area (Å²) in [5.74, 6) is -0.000597. The molecule has 4 aromatic carbocycles. The van der Waals surface area contributed by atoms with Crippen molar-refractivity contribution < 1.29 is 37.6 Å². The van der Waals surface area contributed by atoms with Crippen LogP contribution in [0.3, 0.4) is 0 Å². The van der Waals surface area contributed by atoms with Crippen LogP contribution in [0.15, 0.2) is 85.5 Å². The van der Waals surface area contributed by atoms with E-state index in [1.54, 1.807) is 26.6 Å². The second-order valence-electron chi connectivity index (χ2n) is 14.2. The number of fused-ring (bicyclic) bond motifs is 2. The van der Waals surface area contributed by atoms with Gasteiger partial charge in [0.05, 0.1) is 72.1 Å². The lowest BCUT2D eigenvalue weighted by Crippen LogP contribution is -2.03. The molecule has 65 heavy (non-hydrogen) atoms. The third kappa shape index (κ3) is 9.92. The number of nitrogens with two attached hydrogens (primary N) is 1. The fourth-order valence-corrected chi connectivity index (χ4v) is 6.91. The van der Waals surface area contributed by atoms with E-state index in [-0.39, 0.29) is 34.1 Å². The van der Waals surface area contributed by atoms with Crippen LogP contribution in [0.4, 0.5) is 37.5 Å². The van der Waals surface area contributed by atoms with E-state index in [1.807, 2.05) is 75.1 Å². The van der Waals surface area contributed by atoms with Crippen molar-refractivity contribution in [1.29, 1.82) is 0 Å². The van der Waals surface area contributed by atoms with Crippen LogP contribution in [0.5, 0.6) is 23.0 Å². The number of aromatic nitrogens is 6. The highest BCUT2D eigenvalue weighted by Crippen LogP contribution is 2.37. The van der Waals surface area contributed by atoms with Crippen molar-refractivity contribution in [2.75, 3.05) is 39.5 Å². The van der Waals surface area contributed by atoms with Crippen LogP contribution in [0, 0.1) is 45.7 Å². The number of hydrogen-bond donors (Lipinski definition) is 2. The molecular weight excluding hydrogens is 870 g/mol. The SMILES string of the molecule is COc1cc(F)c([N+](=O)[O-])cc1N.COc1ccc2c(-c3nc(Cl)ncc3C)cn(C)c2c1.COc1ccc2c(-c3nc(Nc4cc([N+](=O)[O-])c(F)cc4OC)ncc3C)cn(C)c2c1. The number of benzene rings is 4. The first kappa shape index (κ1) is 46.4. The van der Waals surface area contributed by atoms with Gasteiger partial charge in [-0.05, 0) is 60.8 Å². The molecule has 0 fully saturated rings. The molecule has 0 aliphatic heterocycles. The number of nitrogen functional groups attached to an aromatic ring is 1. The van der Waals surface area contributed by atoms with Crippen LogP contribution in [0.25, 0.3) is 44.3 Å². The maximum Gasteiger partial charge on any atom is 0.307 e. The maximum absolute atomic E-state index is 14.0. The summed E-state index contributed by atoms with van der Waals surface area (Å²) >= 11 is 5.92. The van der Waals surface area contributed by atoms with Gasteiger partial charge in [-0.2, -0.15) is 8.78 Å². The Kier molecular flexibility index (Phi) is 13.9. The Morgan fingerprint density at radius 2 is 1.15 bits per heavy atom. The minimum absolute atomic E-state index is 0.0376. The van der Waals surface area contributed by atoms with E-state index in [2.05, 4.69) is 40.8 Å². The fourth-order valence-electron chi connectivity index (χ4n) is 6.77. The minimum atomic E-state index is -0.992. The third-order valence-electron chi connectivity index (χ3n) is 10.0. The summed E-state index contributed by atoms with van der Waals surface area (Å²) < 4.78 is 51.3. The van der Waals surface area contributed by atoms with Gasteiger partial charge < -0.3 is 39.1 Å². The van der Waals surface area contributed by atoms with Crippen LogP contribution in [0.2, 0.25) is 5.28 Å². The molecule has 0 saturated heterocycles. The Morgan fingerprint density at radius 1 is 0.677 bits per heavy atom. The Morgan fingerprint density at radius 3 is 1.65 bits per heavy atom. The molecular formula is C44H41ClF2N10O8. The average Bonchev–Trinajstić information content (AvgIpc) is 3.80. The van der Waals surface area contributed by atoms with Crippen LogP contribution in [0.1, 0.15) is 11.1 Å². The number of nitrogens with one attached hydrogen (secondary N) is 1. The van der Waals surface area contributed by atoms with Crippen LogP contribution in [-0.2, 0) is 14.1 Å². The lowest BCUT2D eigenvalue weighted by Gasteiger charge is -2.12. The van der Waals surface area contributed by atoms with Crippen molar-refractivity contribution in [3.05, 3.63) is 134 Å². The second-order valence-corrected chi connectivity index (χ2v) is 14.5. The van der Waals surface area contributed by atoms with E-state index < -0.39 is 32.9 Å². The quantitative estimate of drug-likeness (QED) is 0.0564. The van der Waals surface area contributed by atoms with Crippen molar-refractivity contribution in [3.63, 3.8) is 0 Å². The topological polar surface area (TPSA) is 223 Å². The van der Waals surface area contributed by atoms with Crippen molar-refractivity contribution in [2.45, 2.75) is 13.8 Å². The zero-order chi connectivity index (χ0) is 47.3. The summed E-state index contributed by atoms with van der Waals surface area (Å²) in [5, 5.41) is 26.7. The number of ether oxygens (including phenoxy) is 4. The zero-order valence-corrected chi connectivity index (χ0v) is 36.9. The third-order valence-corrected chi connectivity index (χ3v) is 10.2. The molecule has 8 rings (SSSR count). The number of nitro benzene ring substituents is 2. The summed E-state index contributed by atoms with van der Waals surface area (Å²) in [7, 11) is 9.87. The summed E-state index contributed by atoms with van der Waals surface area (Å²) in [6.45, 7) is 3.87. The van der Waals surface area contributed by atoms with E-state index in [0.717, 1.165) is 85.5 Å². The Labute approximate surface area is 374 Å². The number of rotatable bonds is 10. The van der Waals surface area contributed by atoms with Gasteiger partial charge in [-0.25, -0.2) is 19.9 Å². The number of halogens is 3. The molecule has 0 unspecified atom stereocenters. The summed E-state index contributed by atoms with van der Waals surface area (Å²) in [4.78, 5) is 37.0. The molecule has 0 bridgehead atoms. The number of anilines is 3. The van der Waals surface area contributed by atoms with Crippen LogP contribution in [-0.4, -0.2) is 67.4 Å².